The summed E-state index contributed by atoms with van der Waals surface area (Å²) in [5, 5.41) is 2.63. The predicted octanol–water partition coefficient (Wildman–Crippen LogP) is 1.74. The zero-order chi connectivity index (χ0) is 15.8. The number of rotatable bonds is 7. The van der Waals surface area contributed by atoms with Gasteiger partial charge in [-0.2, -0.15) is 11.8 Å². The molecule has 124 valence electrons. The second-order valence-corrected chi connectivity index (χ2v) is 6.39. The summed E-state index contributed by atoms with van der Waals surface area (Å²) < 4.78 is 0.826. The molecule has 0 fully saturated rings. The molecular formula is C13H20BrClN4O2S. The lowest BCUT2D eigenvalue weighted by molar-refractivity contribution is -0.134. The van der Waals surface area contributed by atoms with Gasteiger partial charge in [0.2, 0.25) is 11.8 Å². The van der Waals surface area contributed by atoms with E-state index in [2.05, 4.69) is 26.2 Å². The van der Waals surface area contributed by atoms with Gasteiger partial charge >= 0.3 is 0 Å². The van der Waals surface area contributed by atoms with Crippen LogP contribution in [0.1, 0.15) is 6.42 Å². The number of carbonyl (C=O) groups excluding carboxylic acids is 2. The van der Waals surface area contributed by atoms with Crippen LogP contribution in [0, 0.1) is 0 Å². The van der Waals surface area contributed by atoms with E-state index in [9.17, 15) is 9.59 Å². The average Bonchev–Trinajstić information content (AvgIpc) is 2.46. The van der Waals surface area contributed by atoms with Gasteiger partial charge in [0.05, 0.1) is 12.6 Å². The van der Waals surface area contributed by atoms with Crippen LogP contribution >= 0.6 is 40.1 Å². The molecule has 1 aromatic heterocycles. The second-order valence-electron chi connectivity index (χ2n) is 4.49. The molecule has 3 N–H and O–H groups in total. The molecule has 2 amide bonds. The normalized spacial score (nSPS) is 11.3. The maximum Gasteiger partial charge on any atom is 0.245 e. The number of nitrogens with two attached hydrogens (primary N) is 1. The minimum Gasteiger partial charge on any atom is -0.335 e. The van der Waals surface area contributed by atoms with Crippen molar-refractivity contribution in [1.82, 2.24) is 9.88 Å². The van der Waals surface area contributed by atoms with Crippen molar-refractivity contribution in [2.45, 2.75) is 12.5 Å². The first-order valence-electron chi connectivity index (χ1n) is 6.35. The number of thioether (sulfide) groups is 1. The minimum absolute atomic E-state index is 0. The summed E-state index contributed by atoms with van der Waals surface area (Å²) in [6.07, 6.45) is 4.14. The number of likely N-dealkylation sites (N-methyl/N-ethyl adjacent to an activating group) is 1. The van der Waals surface area contributed by atoms with Gasteiger partial charge in [-0.1, -0.05) is 0 Å². The topological polar surface area (TPSA) is 88.3 Å². The van der Waals surface area contributed by atoms with E-state index in [0.717, 1.165) is 10.2 Å². The van der Waals surface area contributed by atoms with Crippen LogP contribution in [0.5, 0.6) is 0 Å². The van der Waals surface area contributed by atoms with Gasteiger partial charge in [0.25, 0.3) is 0 Å². The number of aromatic nitrogens is 1. The second kappa shape index (κ2) is 10.8. The molecule has 1 atom stereocenters. The summed E-state index contributed by atoms with van der Waals surface area (Å²) in [5.41, 5.74) is 5.80. The number of hydrogen-bond acceptors (Lipinski definition) is 5. The summed E-state index contributed by atoms with van der Waals surface area (Å²) in [5.74, 6) is 0.715. The van der Waals surface area contributed by atoms with E-state index < -0.39 is 6.04 Å². The van der Waals surface area contributed by atoms with Crippen molar-refractivity contribution < 1.29 is 9.59 Å². The molecule has 0 bridgehead atoms. The third-order valence-electron chi connectivity index (χ3n) is 2.70. The molecule has 0 aliphatic rings. The van der Waals surface area contributed by atoms with Crippen LogP contribution in [0.3, 0.4) is 0 Å². The van der Waals surface area contributed by atoms with Crippen LogP contribution in [-0.4, -0.2) is 53.3 Å². The van der Waals surface area contributed by atoms with E-state index in [0.29, 0.717) is 12.2 Å². The van der Waals surface area contributed by atoms with Gasteiger partial charge in [-0.3, -0.25) is 9.59 Å². The first kappa shape index (κ1) is 21.2. The van der Waals surface area contributed by atoms with Gasteiger partial charge in [-0.15, -0.1) is 12.4 Å². The molecular weight excluding hydrogens is 392 g/mol. The van der Waals surface area contributed by atoms with Crippen molar-refractivity contribution in [2.24, 2.45) is 5.73 Å². The van der Waals surface area contributed by atoms with Gasteiger partial charge in [-0.05, 0) is 46.5 Å². The van der Waals surface area contributed by atoms with Gasteiger partial charge in [0.1, 0.15) is 5.82 Å². The lowest BCUT2D eigenvalue weighted by atomic mass is 10.2. The Hall–Kier alpha value is -0.830. The Morgan fingerprint density at radius 3 is 2.73 bits per heavy atom. The number of hydrogen-bond donors (Lipinski definition) is 2. The third-order valence-corrected chi connectivity index (χ3v) is 3.82. The zero-order valence-electron chi connectivity index (χ0n) is 12.4. The highest BCUT2D eigenvalue weighted by Crippen LogP contribution is 2.10. The van der Waals surface area contributed by atoms with E-state index in [1.807, 2.05) is 6.26 Å². The Balaban J connectivity index is 0.00000441. The van der Waals surface area contributed by atoms with Crippen LogP contribution in [0.4, 0.5) is 5.82 Å². The maximum atomic E-state index is 12.0. The van der Waals surface area contributed by atoms with Crippen LogP contribution in [0.15, 0.2) is 22.8 Å². The van der Waals surface area contributed by atoms with Gasteiger partial charge in [0, 0.05) is 17.7 Å². The molecule has 0 aliphatic carbocycles. The first-order chi connectivity index (χ1) is 9.93. The van der Waals surface area contributed by atoms with Crippen molar-refractivity contribution in [3.8, 4) is 0 Å². The van der Waals surface area contributed by atoms with E-state index >= 15 is 0 Å². The molecule has 0 aliphatic heterocycles. The monoisotopic (exact) mass is 410 g/mol. The molecule has 0 spiro atoms. The molecule has 0 saturated heterocycles. The fourth-order valence-corrected chi connectivity index (χ4v) is 2.30. The summed E-state index contributed by atoms with van der Waals surface area (Å²) in [4.78, 5) is 29.2. The molecule has 0 saturated carbocycles. The predicted molar refractivity (Wildman–Crippen MR) is 96.4 cm³/mol. The van der Waals surface area contributed by atoms with Crippen molar-refractivity contribution in [1.29, 1.82) is 0 Å². The van der Waals surface area contributed by atoms with Crippen LogP contribution in [-0.2, 0) is 9.59 Å². The zero-order valence-corrected chi connectivity index (χ0v) is 15.6. The molecule has 0 unspecified atom stereocenters. The Morgan fingerprint density at radius 2 is 2.18 bits per heavy atom. The van der Waals surface area contributed by atoms with Crippen LogP contribution in [0.25, 0.3) is 0 Å². The van der Waals surface area contributed by atoms with Crippen molar-refractivity contribution in [3.05, 3.63) is 22.8 Å². The van der Waals surface area contributed by atoms with Gasteiger partial charge in [-0.25, -0.2) is 4.98 Å². The van der Waals surface area contributed by atoms with Crippen molar-refractivity contribution in [3.63, 3.8) is 0 Å². The quantitative estimate of drug-likeness (QED) is 0.713. The standard InChI is InChI=1S/C13H19BrN4O2S.ClH/c1-18(13(20)10(15)5-6-21-2)8-12(19)17-11-4-3-9(14)7-16-11;/h3-4,7,10H,5-6,8,15H2,1-2H3,(H,16,17,19);1H/t10-;/m0./s1. The SMILES string of the molecule is CSCC[C@H](N)C(=O)N(C)CC(=O)Nc1ccc(Br)cn1.Cl. The number of nitrogens with one attached hydrogen (secondary N) is 1. The molecule has 1 rings (SSSR count). The number of nitrogens with zero attached hydrogens (tertiary/aromatic N) is 2. The fourth-order valence-electron chi connectivity index (χ4n) is 1.58. The molecule has 22 heavy (non-hydrogen) atoms. The highest BCUT2D eigenvalue weighted by Gasteiger charge is 2.19. The van der Waals surface area contributed by atoms with Crippen LogP contribution in [0.2, 0.25) is 0 Å². The van der Waals surface area contributed by atoms with E-state index in [-0.39, 0.29) is 30.8 Å². The Bertz CT molecular complexity index is 489. The number of halogens is 2. The van der Waals surface area contributed by atoms with E-state index in [1.165, 1.54) is 4.90 Å². The van der Waals surface area contributed by atoms with Gasteiger partial charge in [0.15, 0.2) is 0 Å². The average molecular weight is 412 g/mol. The molecule has 1 heterocycles. The molecule has 0 radical (unpaired) electrons. The molecule has 0 aromatic carbocycles. The maximum absolute atomic E-state index is 12.0. The molecule has 1 aromatic rings. The third kappa shape index (κ3) is 7.44. The summed E-state index contributed by atoms with van der Waals surface area (Å²) >= 11 is 4.90. The van der Waals surface area contributed by atoms with Crippen molar-refractivity contribution in [2.75, 3.05) is 30.9 Å². The lowest BCUT2D eigenvalue weighted by Crippen LogP contribution is -2.45. The molecule has 6 nitrogen and oxygen atoms in total. The number of carbonyl (C=O) groups is 2. The lowest BCUT2D eigenvalue weighted by Gasteiger charge is -2.20. The minimum atomic E-state index is -0.568. The highest BCUT2D eigenvalue weighted by molar-refractivity contribution is 9.10. The number of pyridine rings is 1. The summed E-state index contributed by atoms with van der Waals surface area (Å²) in [6.45, 7) is -0.0520. The van der Waals surface area contributed by atoms with E-state index in [4.69, 9.17) is 5.73 Å². The summed E-state index contributed by atoms with van der Waals surface area (Å²) in [7, 11) is 1.57. The number of amides is 2. The largest absolute Gasteiger partial charge is 0.335 e. The Kier molecular flexibility index (Phi) is 10.4. The molecule has 9 heteroatoms. The van der Waals surface area contributed by atoms with Crippen molar-refractivity contribution >= 4 is 57.7 Å². The Morgan fingerprint density at radius 1 is 1.50 bits per heavy atom. The fraction of sp³-hybridized carbons (Fsp3) is 0.462. The number of anilines is 1. The van der Waals surface area contributed by atoms with E-state index in [1.54, 1.807) is 37.1 Å². The highest BCUT2D eigenvalue weighted by atomic mass is 79.9. The summed E-state index contributed by atoms with van der Waals surface area (Å²) in [6, 6.07) is 2.88. The smallest absolute Gasteiger partial charge is 0.245 e. The van der Waals surface area contributed by atoms with Gasteiger partial charge < -0.3 is 16.0 Å². The first-order valence-corrected chi connectivity index (χ1v) is 8.53. The Labute approximate surface area is 149 Å². The van der Waals surface area contributed by atoms with Crippen LogP contribution < -0.4 is 11.1 Å².